The number of hydrogen-bond donors (Lipinski definition) is 2. The molecule has 0 aliphatic carbocycles. The van der Waals surface area contributed by atoms with Crippen LogP contribution in [0.25, 0.3) is 0 Å². The maximum Gasteiger partial charge on any atom is 0.254 e. The third-order valence-corrected chi connectivity index (χ3v) is 2.91. The summed E-state index contributed by atoms with van der Waals surface area (Å²) in [5.74, 6) is -0.195. The van der Waals surface area contributed by atoms with Gasteiger partial charge in [0.2, 0.25) is 5.56 Å². The first-order valence-corrected chi connectivity index (χ1v) is 6.69. The van der Waals surface area contributed by atoms with E-state index in [4.69, 9.17) is 5.11 Å². The number of aryl methyl sites for hydroxylation is 1. The molecule has 0 aliphatic rings. The first-order valence-electron chi connectivity index (χ1n) is 6.69. The molecule has 0 unspecified atom stereocenters. The number of aliphatic hydroxyl groups is 1. The molecule has 0 aliphatic heterocycles. The molecule has 0 bridgehead atoms. The summed E-state index contributed by atoms with van der Waals surface area (Å²) in [7, 11) is 0. The van der Waals surface area contributed by atoms with Gasteiger partial charge in [-0.2, -0.15) is 0 Å². The molecule has 0 saturated carbocycles. The van der Waals surface area contributed by atoms with E-state index in [2.05, 4.69) is 11.9 Å². The fourth-order valence-corrected chi connectivity index (χ4v) is 1.98. The summed E-state index contributed by atoms with van der Waals surface area (Å²) in [6.07, 6.45) is 3.03. The minimum atomic E-state index is -0.277. The molecule has 106 valence electrons. The lowest BCUT2D eigenvalue weighted by Crippen LogP contribution is -2.35. The van der Waals surface area contributed by atoms with Crippen LogP contribution in [0.5, 0.6) is 0 Å². The SMILES string of the molecule is CCCCCN(CCO)C(=O)c1cc(C)[nH]c(=O)c1. The third kappa shape index (κ3) is 4.87. The van der Waals surface area contributed by atoms with Crippen LogP contribution in [0, 0.1) is 6.92 Å². The molecule has 5 nitrogen and oxygen atoms in total. The number of unbranched alkanes of at least 4 members (excludes halogenated alkanes) is 2. The molecule has 0 spiro atoms. The molecule has 19 heavy (non-hydrogen) atoms. The second-order valence-corrected chi connectivity index (χ2v) is 4.64. The predicted octanol–water partition coefficient (Wildman–Crippen LogP) is 1.31. The van der Waals surface area contributed by atoms with Crippen LogP contribution < -0.4 is 5.56 Å². The lowest BCUT2D eigenvalue weighted by molar-refractivity contribution is 0.0718. The Bertz CT molecular complexity index is 468. The van der Waals surface area contributed by atoms with Gasteiger partial charge in [-0.3, -0.25) is 9.59 Å². The van der Waals surface area contributed by atoms with Gasteiger partial charge in [-0.15, -0.1) is 0 Å². The summed E-state index contributed by atoms with van der Waals surface area (Å²) in [4.78, 5) is 27.9. The molecule has 1 rings (SSSR count). The van der Waals surface area contributed by atoms with Crippen molar-refractivity contribution in [1.29, 1.82) is 0 Å². The quantitative estimate of drug-likeness (QED) is 0.731. The summed E-state index contributed by atoms with van der Waals surface area (Å²) in [5.41, 5.74) is 0.764. The van der Waals surface area contributed by atoms with E-state index in [0.717, 1.165) is 19.3 Å². The minimum Gasteiger partial charge on any atom is -0.395 e. The maximum absolute atomic E-state index is 12.3. The molecule has 0 fully saturated rings. The van der Waals surface area contributed by atoms with Gasteiger partial charge in [-0.1, -0.05) is 19.8 Å². The highest BCUT2D eigenvalue weighted by Crippen LogP contribution is 2.06. The van der Waals surface area contributed by atoms with Crippen LogP contribution in [-0.2, 0) is 0 Å². The summed E-state index contributed by atoms with van der Waals surface area (Å²) in [5, 5.41) is 9.04. The Morgan fingerprint density at radius 1 is 1.32 bits per heavy atom. The van der Waals surface area contributed by atoms with Gasteiger partial charge in [-0.05, 0) is 19.4 Å². The van der Waals surface area contributed by atoms with Crippen molar-refractivity contribution in [1.82, 2.24) is 9.88 Å². The zero-order valence-electron chi connectivity index (χ0n) is 11.6. The number of carbonyl (C=O) groups excluding carboxylic acids is 1. The number of carbonyl (C=O) groups is 1. The van der Waals surface area contributed by atoms with Gasteiger partial charge in [0.1, 0.15) is 0 Å². The fourth-order valence-electron chi connectivity index (χ4n) is 1.98. The van der Waals surface area contributed by atoms with Crippen molar-refractivity contribution in [3.8, 4) is 0 Å². The van der Waals surface area contributed by atoms with E-state index < -0.39 is 0 Å². The highest BCUT2D eigenvalue weighted by molar-refractivity contribution is 5.94. The summed E-state index contributed by atoms with van der Waals surface area (Å²) in [6.45, 7) is 4.68. The van der Waals surface area contributed by atoms with Crippen LogP contribution in [0.1, 0.15) is 42.2 Å². The number of rotatable bonds is 7. The number of nitrogens with zero attached hydrogens (tertiary/aromatic N) is 1. The minimum absolute atomic E-state index is 0.0694. The van der Waals surface area contributed by atoms with Gasteiger partial charge < -0.3 is 15.0 Å². The van der Waals surface area contributed by atoms with Crippen molar-refractivity contribution in [2.45, 2.75) is 33.1 Å². The molecule has 1 heterocycles. The van der Waals surface area contributed by atoms with Crippen molar-refractivity contribution in [3.63, 3.8) is 0 Å². The van der Waals surface area contributed by atoms with Gasteiger partial charge >= 0.3 is 0 Å². The Labute approximate surface area is 113 Å². The van der Waals surface area contributed by atoms with Gasteiger partial charge in [0.05, 0.1) is 6.61 Å². The molecule has 0 atom stereocenters. The Balaban J connectivity index is 2.82. The highest BCUT2D eigenvalue weighted by Gasteiger charge is 2.15. The van der Waals surface area contributed by atoms with Crippen LogP contribution in [0.3, 0.4) is 0 Å². The summed E-state index contributed by atoms with van der Waals surface area (Å²) < 4.78 is 0. The highest BCUT2D eigenvalue weighted by atomic mass is 16.3. The maximum atomic E-state index is 12.3. The molecule has 0 saturated heterocycles. The average Bonchev–Trinajstić information content (AvgIpc) is 2.36. The molecule has 1 amide bonds. The number of nitrogens with one attached hydrogen (secondary N) is 1. The van der Waals surface area contributed by atoms with Crippen molar-refractivity contribution in [2.75, 3.05) is 19.7 Å². The molecule has 2 N–H and O–H groups in total. The van der Waals surface area contributed by atoms with E-state index >= 15 is 0 Å². The van der Waals surface area contributed by atoms with Gasteiger partial charge in [0.25, 0.3) is 5.91 Å². The molecule has 5 heteroatoms. The lowest BCUT2D eigenvalue weighted by atomic mass is 10.2. The van der Waals surface area contributed by atoms with Crippen LogP contribution in [0.15, 0.2) is 16.9 Å². The molecule has 1 aromatic rings. The van der Waals surface area contributed by atoms with E-state index in [1.54, 1.807) is 17.9 Å². The number of H-pyrrole nitrogens is 1. The number of aromatic nitrogens is 1. The zero-order chi connectivity index (χ0) is 14.3. The fraction of sp³-hybridized carbons (Fsp3) is 0.571. The zero-order valence-corrected chi connectivity index (χ0v) is 11.6. The standard InChI is InChI=1S/C14H22N2O3/c1-3-4-5-6-16(7-8-17)14(19)12-9-11(2)15-13(18)10-12/h9-10,17H,3-8H2,1-2H3,(H,15,18). The molecular weight excluding hydrogens is 244 g/mol. The molecule has 1 aromatic heterocycles. The Hall–Kier alpha value is -1.62. The summed E-state index contributed by atoms with van der Waals surface area (Å²) in [6, 6.07) is 2.97. The Kier molecular flexibility index (Phi) is 6.29. The van der Waals surface area contributed by atoms with E-state index in [-0.39, 0.29) is 18.1 Å². The first-order chi connectivity index (χ1) is 9.08. The first kappa shape index (κ1) is 15.4. The van der Waals surface area contributed by atoms with Crippen LogP contribution in [-0.4, -0.2) is 40.6 Å². The number of hydrogen-bond acceptors (Lipinski definition) is 3. The third-order valence-electron chi connectivity index (χ3n) is 2.91. The summed E-state index contributed by atoms with van der Waals surface area (Å²) >= 11 is 0. The normalized spacial score (nSPS) is 10.5. The van der Waals surface area contributed by atoms with Crippen molar-refractivity contribution >= 4 is 5.91 Å². The smallest absolute Gasteiger partial charge is 0.254 e. The second-order valence-electron chi connectivity index (χ2n) is 4.64. The van der Waals surface area contributed by atoms with E-state index in [0.29, 0.717) is 24.3 Å². The number of aliphatic hydroxyl groups excluding tert-OH is 1. The van der Waals surface area contributed by atoms with Crippen LogP contribution in [0.2, 0.25) is 0 Å². The molecule has 0 radical (unpaired) electrons. The van der Waals surface area contributed by atoms with Crippen molar-refractivity contribution in [2.24, 2.45) is 0 Å². The number of aromatic amines is 1. The Morgan fingerprint density at radius 3 is 2.63 bits per heavy atom. The number of pyridine rings is 1. The largest absolute Gasteiger partial charge is 0.395 e. The van der Waals surface area contributed by atoms with E-state index in [1.807, 2.05) is 0 Å². The van der Waals surface area contributed by atoms with Gasteiger partial charge in [0, 0.05) is 30.4 Å². The van der Waals surface area contributed by atoms with Gasteiger partial charge in [0.15, 0.2) is 0 Å². The Morgan fingerprint density at radius 2 is 2.05 bits per heavy atom. The lowest BCUT2D eigenvalue weighted by Gasteiger charge is -2.21. The average molecular weight is 266 g/mol. The van der Waals surface area contributed by atoms with Gasteiger partial charge in [-0.25, -0.2) is 0 Å². The van der Waals surface area contributed by atoms with Crippen molar-refractivity contribution < 1.29 is 9.90 Å². The van der Waals surface area contributed by atoms with Crippen LogP contribution >= 0.6 is 0 Å². The van der Waals surface area contributed by atoms with E-state index in [1.165, 1.54) is 6.07 Å². The molecular formula is C14H22N2O3. The monoisotopic (exact) mass is 266 g/mol. The second kappa shape index (κ2) is 7.74. The van der Waals surface area contributed by atoms with E-state index in [9.17, 15) is 9.59 Å². The van der Waals surface area contributed by atoms with Crippen molar-refractivity contribution in [3.05, 3.63) is 33.7 Å². The van der Waals surface area contributed by atoms with Crippen LogP contribution in [0.4, 0.5) is 0 Å². The predicted molar refractivity (Wildman–Crippen MR) is 74.3 cm³/mol. The number of amides is 1. The molecule has 0 aromatic carbocycles. The topological polar surface area (TPSA) is 73.4 Å².